The minimum Gasteiger partial charge on any atom is -0.304 e. The molecule has 29 heavy (non-hydrogen) atoms. The van der Waals surface area contributed by atoms with Crippen molar-refractivity contribution in [1.82, 2.24) is 14.7 Å². The van der Waals surface area contributed by atoms with Crippen molar-refractivity contribution in [2.45, 2.75) is 50.9 Å². The number of likely N-dealkylation sites (N-methyl/N-ethyl adjacent to an activating group) is 1. The molecule has 3 rings (SSSR count). The fourth-order valence-corrected chi connectivity index (χ4v) is 5.03. The van der Waals surface area contributed by atoms with Crippen LogP contribution in [0, 0.1) is 0 Å². The second-order valence-corrected chi connectivity index (χ2v) is 9.40. The first-order chi connectivity index (χ1) is 14.0. The van der Waals surface area contributed by atoms with Crippen LogP contribution in [-0.2, 0) is 10.2 Å². The molecule has 0 bridgehead atoms. The van der Waals surface area contributed by atoms with Crippen LogP contribution in [0.5, 0.6) is 0 Å². The van der Waals surface area contributed by atoms with Crippen molar-refractivity contribution in [2.24, 2.45) is 0 Å². The molecule has 5 heteroatoms. The van der Waals surface area contributed by atoms with Gasteiger partial charge in [-0.05, 0) is 76.6 Å². The number of unbranched alkanes of at least 4 members (excludes halogenated alkanes) is 1. The number of hydrogen-bond acceptors (Lipinski definition) is 4. The summed E-state index contributed by atoms with van der Waals surface area (Å²) >= 11 is 6.29. The molecule has 162 valence electrons. The molecular formula is C24H38ClN3O. The van der Waals surface area contributed by atoms with Crippen LogP contribution in [0.25, 0.3) is 0 Å². The summed E-state index contributed by atoms with van der Waals surface area (Å²) in [6, 6.07) is 8.03. The third-order valence-corrected chi connectivity index (χ3v) is 7.16. The number of carbonyl (C=O) groups excluding carboxylic acids is 1. The molecule has 0 N–H and O–H groups in total. The summed E-state index contributed by atoms with van der Waals surface area (Å²) in [5.74, 6) is 0.415. The molecule has 2 heterocycles. The standard InChI is InChI=1S/C24H38ClN3O/c1-3-4-9-23(29)24(21-7-5-8-22(25)20-21)10-14-27(15-11-24)12-6-13-28-18-16-26(2)17-19-28/h5,7-8,20H,3-4,6,9-19H2,1-2H3. The summed E-state index contributed by atoms with van der Waals surface area (Å²) < 4.78 is 0. The average molecular weight is 420 g/mol. The summed E-state index contributed by atoms with van der Waals surface area (Å²) in [6.45, 7) is 11.3. The Morgan fingerprint density at radius 2 is 1.66 bits per heavy atom. The zero-order valence-corrected chi connectivity index (χ0v) is 19.1. The number of benzene rings is 1. The Morgan fingerprint density at radius 1 is 1.00 bits per heavy atom. The lowest BCUT2D eigenvalue weighted by Gasteiger charge is -2.41. The summed E-state index contributed by atoms with van der Waals surface area (Å²) in [5.41, 5.74) is 0.789. The van der Waals surface area contributed by atoms with Gasteiger partial charge < -0.3 is 14.7 Å². The Bertz CT molecular complexity index is 649. The second kappa shape index (κ2) is 10.9. The summed E-state index contributed by atoms with van der Waals surface area (Å²) in [7, 11) is 2.21. The van der Waals surface area contributed by atoms with Gasteiger partial charge in [0.25, 0.3) is 0 Å². The van der Waals surface area contributed by atoms with Crippen LogP contribution in [0.1, 0.15) is 51.0 Å². The van der Waals surface area contributed by atoms with E-state index in [1.54, 1.807) is 0 Å². The molecule has 1 aromatic rings. The number of piperazine rings is 1. The van der Waals surface area contributed by atoms with Gasteiger partial charge in [-0.2, -0.15) is 0 Å². The van der Waals surface area contributed by atoms with Gasteiger partial charge in [-0.1, -0.05) is 37.1 Å². The normalized spacial score (nSPS) is 21.3. The Hall–Kier alpha value is -0.940. The molecule has 2 aliphatic rings. The number of nitrogens with zero attached hydrogens (tertiary/aromatic N) is 3. The largest absolute Gasteiger partial charge is 0.304 e. The van der Waals surface area contributed by atoms with Crippen molar-refractivity contribution in [3.8, 4) is 0 Å². The Morgan fingerprint density at radius 3 is 2.28 bits per heavy atom. The van der Waals surface area contributed by atoms with E-state index in [2.05, 4.69) is 34.7 Å². The molecule has 0 radical (unpaired) electrons. The molecule has 4 nitrogen and oxygen atoms in total. The molecule has 0 spiro atoms. The number of halogens is 1. The monoisotopic (exact) mass is 419 g/mol. The van der Waals surface area contributed by atoms with E-state index >= 15 is 0 Å². The van der Waals surface area contributed by atoms with Crippen LogP contribution in [0.4, 0.5) is 0 Å². The first-order valence-electron chi connectivity index (χ1n) is 11.5. The molecule has 0 amide bonds. The number of rotatable bonds is 9. The van der Waals surface area contributed by atoms with Crippen LogP contribution in [0.15, 0.2) is 24.3 Å². The molecule has 1 aromatic carbocycles. The first kappa shape index (κ1) is 22.7. The van der Waals surface area contributed by atoms with Crippen molar-refractivity contribution >= 4 is 17.4 Å². The third kappa shape index (κ3) is 6.04. The Labute approximate surface area is 182 Å². The average Bonchev–Trinajstić information content (AvgIpc) is 2.74. The lowest BCUT2D eigenvalue weighted by atomic mass is 9.68. The van der Waals surface area contributed by atoms with Gasteiger partial charge in [0.2, 0.25) is 0 Å². The van der Waals surface area contributed by atoms with E-state index < -0.39 is 0 Å². The minimum absolute atomic E-state index is 0.339. The van der Waals surface area contributed by atoms with Crippen molar-refractivity contribution in [2.75, 3.05) is 59.4 Å². The third-order valence-electron chi connectivity index (χ3n) is 6.92. The van der Waals surface area contributed by atoms with Crippen molar-refractivity contribution in [1.29, 1.82) is 0 Å². The van der Waals surface area contributed by atoms with Gasteiger partial charge in [-0.3, -0.25) is 4.79 Å². The highest BCUT2D eigenvalue weighted by molar-refractivity contribution is 6.30. The summed E-state index contributed by atoms with van der Waals surface area (Å²) in [6.07, 6.45) is 5.80. The topological polar surface area (TPSA) is 26.8 Å². The second-order valence-electron chi connectivity index (χ2n) is 8.96. The zero-order valence-electron chi connectivity index (χ0n) is 18.3. The van der Waals surface area contributed by atoms with Gasteiger partial charge >= 0.3 is 0 Å². The van der Waals surface area contributed by atoms with Gasteiger partial charge in [-0.15, -0.1) is 0 Å². The van der Waals surface area contributed by atoms with Crippen LogP contribution >= 0.6 is 11.6 Å². The molecule has 0 aromatic heterocycles. The van der Waals surface area contributed by atoms with Gasteiger partial charge in [0.05, 0.1) is 5.41 Å². The van der Waals surface area contributed by atoms with Gasteiger partial charge in [0.15, 0.2) is 0 Å². The van der Waals surface area contributed by atoms with E-state index in [1.165, 1.54) is 39.1 Å². The highest BCUT2D eigenvalue weighted by atomic mass is 35.5. The predicted octanol–water partition coefficient (Wildman–Crippen LogP) is 4.07. The quantitative estimate of drug-likeness (QED) is 0.602. The molecule has 2 saturated heterocycles. The smallest absolute Gasteiger partial charge is 0.143 e. The van der Waals surface area contributed by atoms with Crippen LogP contribution < -0.4 is 0 Å². The number of hydrogen-bond donors (Lipinski definition) is 0. The van der Waals surface area contributed by atoms with Crippen LogP contribution in [0.2, 0.25) is 5.02 Å². The maximum Gasteiger partial charge on any atom is 0.143 e. The van der Waals surface area contributed by atoms with E-state index in [1.807, 2.05) is 18.2 Å². The van der Waals surface area contributed by atoms with Gasteiger partial charge in [0, 0.05) is 37.6 Å². The van der Waals surface area contributed by atoms with E-state index in [-0.39, 0.29) is 5.41 Å². The number of carbonyl (C=O) groups is 1. The number of Topliss-reactive ketones (excluding diaryl/α,β-unsaturated/α-hetero) is 1. The SMILES string of the molecule is CCCCC(=O)C1(c2cccc(Cl)c2)CCN(CCCN2CCN(C)CC2)CC1. The molecule has 0 saturated carbocycles. The Kier molecular flexibility index (Phi) is 8.55. The number of likely N-dealkylation sites (tertiary alicyclic amines) is 1. The molecular weight excluding hydrogens is 382 g/mol. The molecule has 2 fully saturated rings. The lowest BCUT2D eigenvalue weighted by Crippen LogP contribution is -2.48. The van der Waals surface area contributed by atoms with Crippen molar-refractivity contribution < 1.29 is 4.79 Å². The van der Waals surface area contributed by atoms with E-state index in [9.17, 15) is 4.79 Å². The lowest BCUT2D eigenvalue weighted by molar-refractivity contribution is -0.126. The molecule has 0 unspecified atom stereocenters. The fraction of sp³-hybridized carbons (Fsp3) is 0.708. The Balaban J connectivity index is 1.55. The van der Waals surface area contributed by atoms with E-state index in [4.69, 9.17) is 11.6 Å². The predicted molar refractivity (Wildman–Crippen MR) is 122 cm³/mol. The van der Waals surface area contributed by atoms with E-state index in [0.29, 0.717) is 12.2 Å². The van der Waals surface area contributed by atoms with Gasteiger partial charge in [-0.25, -0.2) is 0 Å². The minimum atomic E-state index is -0.339. The number of piperidine rings is 1. The van der Waals surface area contributed by atoms with Crippen molar-refractivity contribution in [3.05, 3.63) is 34.9 Å². The summed E-state index contributed by atoms with van der Waals surface area (Å²) in [5, 5.41) is 0.736. The zero-order chi connectivity index (χ0) is 20.7. The molecule has 2 aliphatic heterocycles. The fourth-order valence-electron chi connectivity index (χ4n) is 4.84. The van der Waals surface area contributed by atoms with Crippen LogP contribution in [0.3, 0.4) is 0 Å². The van der Waals surface area contributed by atoms with Crippen LogP contribution in [-0.4, -0.2) is 79.9 Å². The summed E-state index contributed by atoms with van der Waals surface area (Å²) in [4.78, 5) is 20.8. The van der Waals surface area contributed by atoms with Crippen molar-refractivity contribution in [3.63, 3.8) is 0 Å². The van der Waals surface area contributed by atoms with Gasteiger partial charge in [0.1, 0.15) is 5.78 Å². The molecule has 0 atom stereocenters. The maximum atomic E-state index is 13.3. The highest BCUT2D eigenvalue weighted by Gasteiger charge is 2.41. The first-order valence-corrected chi connectivity index (χ1v) is 11.8. The van der Waals surface area contributed by atoms with E-state index in [0.717, 1.165) is 55.9 Å². The number of ketones is 1. The molecule has 0 aliphatic carbocycles. The highest BCUT2D eigenvalue weighted by Crippen LogP contribution is 2.38. The maximum absolute atomic E-state index is 13.3.